The lowest BCUT2D eigenvalue weighted by Crippen LogP contribution is -2.42. The largest absolute Gasteiger partial charge is 0.387 e. The van der Waals surface area contributed by atoms with E-state index in [2.05, 4.69) is 37.1 Å². The summed E-state index contributed by atoms with van der Waals surface area (Å²) in [5.74, 6) is 0.122. The highest BCUT2D eigenvalue weighted by Gasteiger charge is 2.27. The van der Waals surface area contributed by atoms with Gasteiger partial charge in [0.2, 0.25) is 0 Å². The second kappa shape index (κ2) is 9.97. The summed E-state index contributed by atoms with van der Waals surface area (Å²) in [6.45, 7) is 2.31. The molecule has 0 spiro atoms. The van der Waals surface area contributed by atoms with E-state index < -0.39 is 17.7 Å². The lowest BCUT2D eigenvalue weighted by atomic mass is 10.0. The molecule has 0 aliphatic rings. The zero-order valence-electron chi connectivity index (χ0n) is 20.0. The van der Waals surface area contributed by atoms with Crippen LogP contribution in [-0.4, -0.2) is 56.0 Å². The molecule has 184 valence electrons. The Kier molecular flexibility index (Phi) is 6.80. The summed E-state index contributed by atoms with van der Waals surface area (Å²) in [6, 6.07) is 12.7. The first-order valence-electron chi connectivity index (χ1n) is 11.1. The molecule has 1 atom stereocenters. The maximum absolute atomic E-state index is 14.2. The first kappa shape index (κ1) is 24.6. The van der Waals surface area contributed by atoms with E-state index in [9.17, 15) is 14.3 Å². The van der Waals surface area contributed by atoms with Crippen molar-refractivity contribution < 1.29 is 14.3 Å². The normalized spacial score (nSPS) is 12.1. The number of hydrogen-bond donors (Lipinski definition) is 4. The zero-order valence-corrected chi connectivity index (χ0v) is 20.0. The molecule has 0 saturated carbocycles. The Morgan fingerprint density at radius 3 is 2.67 bits per heavy atom. The second-order valence-electron chi connectivity index (χ2n) is 8.66. The first-order chi connectivity index (χ1) is 17.2. The second-order valence-corrected chi connectivity index (χ2v) is 8.66. The van der Waals surface area contributed by atoms with E-state index in [1.165, 1.54) is 26.2 Å². The van der Waals surface area contributed by atoms with Crippen molar-refractivity contribution in [3.05, 3.63) is 66.1 Å². The number of aromatic nitrogens is 4. The predicted molar refractivity (Wildman–Crippen MR) is 134 cm³/mol. The average Bonchev–Trinajstić information content (AvgIpc) is 3.30. The summed E-state index contributed by atoms with van der Waals surface area (Å²) >= 11 is 0. The van der Waals surface area contributed by atoms with Gasteiger partial charge in [0.15, 0.2) is 0 Å². The van der Waals surface area contributed by atoms with Gasteiger partial charge >= 0.3 is 0 Å². The highest BCUT2D eigenvalue weighted by Crippen LogP contribution is 2.28. The lowest BCUT2D eigenvalue weighted by molar-refractivity contribution is -0.00177. The molecule has 1 unspecified atom stereocenters. The molecule has 4 N–H and O–H groups in total. The van der Waals surface area contributed by atoms with Crippen molar-refractivity contribution in [3.8, 4) is 17.5 Å². The fourth-order valence-electron chi connectivity index (χ4n) is 3.43. The minimum absolute atomic E-state index is 0.181. The third-order valence-electron chi connectivity index (χ3n) is 5.55. The number of nitrogens with zero attached hydrogens (tertiary/aromatic N) is 5. The fourth-order valence-corrected chi connectivity index (χ4v) is 3.43. The molecule has 0 radical (unpaired) electrons. The first-order valence-corrected chi connectivity index (χ1v) is 11.1. The monoisotopic (exact) mass is 488 g/mol. The van der Waals surface area contributed by atoms with Crippen LogP contribution in [0, 0.1) is 11.3 Å². The zero-order chi connectivity index (χ0) is 25.9. The molecule has 4 heterocycles. The number of amides is 1. The van der Waals surface area contributed by atoms with E-state index in [0.29, 0.717) is 34.1 Å². The minimum Gasteiger partial charge on any atom is -0.387 e. The summed E-state index contributed by atoms with van der Waals surface area (Å²) in [5.41, 5.74) is 1.95. The van der Waals surface area contributed by atoms with Crippen LogP contribution in [0.25, 0.3) is 16.9 Å². The number of aliphatic hydroxyl groups is 1. The van der Waals surface area contributed by atoms with Crippen molar-refractivity contribution in [3.63, 3.8) is 0 Å². The van der Waals surface area contributed by atoms with E-state index >= 15 is 0 Å². The Bertz CT molecular complexity index is 1440. The molecular formula is C25H25FN8O2. The molecule has 0 saturated heterocycles. The van der Waals surface area contributed by atoms with Crippen LogP contribution >= 0.6 is 0 Å². The minimum atomic E-state index is -1.65. The van der Waals surface area contributed by atoms with Crippen molar-refractivity contribution in [1.29, 1.82) is 5.26 Å². The number of pyridine rings is 2. The number of fused-ring (bicyclic) bond motifs is 1. The van der Waals surface area contributed by atoms with Crippen LogP contribution in [0.1, 0.15) is 29.8 Å². The maximum Gasteiger partial charge on any atom is 0.255 e. The molecule has 10 nitrogen and oxygen atoms in total. The van der Waals surface area contributed by atoms with Gasteiger partial charge in [0.05, 0.1) is 63.9 Å². The molecule has 0 fully saturated rings. The number of anilines is 3. The predicted octanol–water partition coefficient (Wildman–Crippen LogP) is 3.29. The van der Waals surface area contributed by atoms with E-state index in [1.807, 2.05) is 12.1 Å². The highest BCUT2D eigenvalue weighted by molar-refractivity contribution is 6.00. The summed E-state index contributed by atoms with van der Waals surface area (Å²) < 4.78 is 15.9. The molecule has 4 aromatic rings. The van der Waals surface area contributed by atoms with Crippen molar-refractivity contribution in [2.24, 2.45) is 0 Å². The summed E-state index contributed by atoms with van der Waals surface area (Å²) in [5, 5.41) is 31.9. The summed E-state index contributed by atoms with van der Waals surface area (Å²) in [7, 11) is 1.76. The van der Waals surface area contributed by atoms with Crippen molar-refractivity contribution >= 4 is 28.6 Å². The molecule has 0 bridgehead atoms. The van der Waals surface area contributed by atoms with Gasteiger partial charge in [-0.3, -0.25) is 9.78 Å². The number of nitriles is 1. The van der Waals surface area contributed by atoms with E-state index in [4.69, 9.17) is 5.26 Å². The Balaban J connectivity index is 1.70. The van der Waals surface area contributed by atoms with Gasteiger partial charge in [-0.1, -0.05) is 0 Å². The van der Waals surface area contributed by atoms with Gasteiger partial charge in [-0.05, 0) is 50.2 Å². The molecule has 4 aromatic heterocycles. The number of halogens is 1. The SMILES string of the molecule is CNc1ccc(Nc2cc(-c3ccc4cc(C#N)cnn34)ncc2C(=O)NCC(F)C(C)(C)O)cn1. The van der Waals surface area contributed by atoms with Crippen LogP contribution < -0.4 is 16.0 Å². The molecule has 0 aliphatic heterocycles. The standard InChI is InChI=1S/C25H25FN8O2/c1-25(2,36)22(26)14-31-24(35)18-13-29-20(9-19(18)33-16-4-7-23(28-3)30-12-16)21-6-5-17-8-15(10-27)11-32-34(17)21/h4-9,11-13,22,36H,14H2,1-3H3,(H,28,30)(H,29,33)(H,31,35). The van der Waals surface area contributed by atoms with Crippen LogP contribution in [0.2, 0.25) is 0 Å². The number of carbonyl (C=O) groups excluding carboxylic acids is 1. The molecule has 0 aromatic carbocycles. The Morgan fingerprint density at radius 1 is 1.19 bits per heavy atom. The van der Waals surface area contributed by atoms with Gasteiger partial charge in [-0.25, -0.2) is 13.9 Å². The smallest absolute Gasteiger partial charge is 0.255 e. The molecule has 36 heavy (non-hydrogen) atoms. The van der Waals surface area contributed by atoms with E-state index in [-0.39, 0.29) is 12.1 Å². The average molecular weight is 489 g/mol. The molecule has 11 heteroatoms. The number of rotatable bonds is 8. The quantitative estimate of drug-likeness (QED) is 0.296. The third-order valence-corrected chi connectivity index (χ3v) is 5.55. The maximum atomic E-state index is 14.2. The number of hydrogen-bond acceptors (Lipinski definition) is 8. The van der Waals surface area contributed by atoms with Gasteiger partial charge in [-0.15, -0.1) is 0 Å². The van der Waals surface area contributed by atoms with Crippen molar-refractivity contribution in [2.75, 3.05) is 24.2 Å². The Morgan fingerprint density at radius 2 is 2.00 bits per heavy atom. The lowest BCUT2D eigenvalue weighted by Gasteiger charge is -2.22. The summed E-state index contributed by atoms with van der Waals surface area (Å²) in [4.78, 5) is 21.7. The molecular weight excluding hydrogens is 463 g/mol. The Hall–Kier alpha value is -4.56. The van der Waals surface area contributed by atoms with Crippen LogP contribution in [-0.2, 0) is 0 Å². The van der Waals surface area contributed by atoms with E-state index in [0.717, 1.165) is 5.52 Å². The third kappa shape index (κ3) is 5.24. The fraction of sp³-hybridized carbons (Fsp3) is 0.240. The summed E-state index contributed by atoms with van der Waals surface area (Å²) in [6.07, 6.45) is 2.81. The topological polar surface area (TPSA) is 140 Å². The van der Waals surface area contributed by atoms with Crippen molar-refractivity contribution in [2.45, 2.75) is 25.6 Å². The van der Waals surface area contributed by atoms with Crippen molar-refractivity contribution in [1.82, 2.24) is 24.9 Å². The van der Waals surface area contributed by atoms with Crippen LogP contribution in [0.5, 0.6) is 0 Å². The van der Waals surface area contributed by atoms with Gasteiger partial charge in [0, 0.05) is 13.2 Å². The van der Waals surface area contributed by atoms with Crippen LogP contribution in [0.3, 0.4) is 0 Å². The number of nitrogens with one attached hydrogen (secondary N) is 3. The van der Waals surface area contributed by atoms with Crippen LogP contribution in [0.4, 0.5) is 21.6 Å². The number of carbonyl (C=O) groups is 1. The molecule has 0 aliphatic carbocycles. The van der Waals surface area contributed by atoms with Crippen LogP contribution in [0.15, 0.2) is 55.0 Å². The number of alkyl halides is 1. The Labute approximate surface area is 206 Å². The van der Waals surface area contributed by atoms with E-state index in [1.54, 1.807) is 42.0 Å². The van der Waals surface area contributed by atoms with Gasteiger partial charge in [0.1, 0.15) is 18.1 Å². The van der Waals surface area contributed by atoms with Gasteiger partial charge in [0.25, 0.3) is 5.91 Å². The highest BCUT2D eigenvalue weighted by atomic mass is 19.1. The molecule has 4 rings (SSSR count). The van der Waals surface area contributed by atoms with Gasteiger partial charge in [-0.2, -0.15) is 10.4 Å². The molecule has 1 amide bonds. The van der Waals surface area contributed by atoms with Gasteiger partial charge < -0.3 is 21.1 Å².